The van der Waals surface area contributed by atoms with Crippen molar-refractivity contribution in [3.8, 4) is 5.69 Å². The lowest BCUT2D eigenvalue weighted by Crippen LogP contribution is -2.04. The van der Waals surface area contributed by atoms with E-state index in [9.17, 15) is 4.79 Å². The molecule has 0 bridgehead atoms. The molecule has 82 valence electrons. The van der Waals surface area contributed by atoms with E-state index in [0.717, 1.165) is 11.3 Å². The first-order chi connectivity index (χ1) is 7.79. The molecule has 0 N–H and O–H groups in total. The molecule has 2 aromatic rings. The van der Waals surface area contributed by atoms with E-state index in [0.29, 0.717) is 6.42 Å². The van der Waals surface area contributed by atoms with E-state index < -0.39 is 0 Å². The predicted octanol–water partition coefficient (Wildman–Crippen LogP) is 2.19. The van der Waals surface area contributed by atoms with Crippen molar-refractivity contribution < 1.29 is 9.53 Å². The Morgan fingerprint density at radius 3 is 2.69 bits per heavy atom. The Hall–Kier alpha value is -2.03. The number of esters is 1. The largest absolute Gasteiger partial charge is 0.469 e. The Bertz CT molecular complexity index is 474. The van der Waals surface area contributed by atoms with Gasteiger partial charge in [0, 0.05) is 18.1 Å². The van der Waals surface area contributed by atoms with Crippen LogP contribution in [0.2, 0.25) is 0 Å². The van der Waals surface area contributed by atoms with Crippen LogP contribution in [0.4, 0.5) is 0 Å². The summed E-state index contributed by atoms with van der Waals surface area (Å²) in [6, 6.07) is 11.8. The molecule has 3 nitrogen and oxygen atoms in total. The van der Waals surface area contributed by atoms with Crippen LogP contribution in [-0.4, -0.2) is 17.6 Å². The van der Waals surface area contributed by atoms with Crippen LogP contribution in [0.5, 0.6) is 0 Å². The first-order valence-corrected chi connectivity index (χ1v) is 5.08. The fraction of sp³-hybridized carbons (Fsp3) is 0.154. The molecule has 2 rings (SSSR count). The molecular weight excluding hydrogens is 202 g/mol. The van der Waals surface area contributed by atoms with Crippen molar-refractivity contribution in [2.45, 2.75) is 6.42 Å². The zero-order valence-corrected chi connectivity index (χ0v) is 9.09. The SMILES string of the molecule is COC(=O)Cc1cccc(-n2cccc2)c1. The van der Waals surface area contributed by atoms with Gasteiger partial charge in [-0.25, -0.2) is 0 Å². The monoisotopic (exact) mass is 215 g/mol. The van der Waals surface area contributed by atoms with Gasteiger partial charge in [0.15, 0.2) is 0 Å². The maximum atomic E-state index is 11.1. The van der Waals surface area contributed by atoms with Crippen LogP contribution in [0.15, 0.2) is 48.8 Å². The molecule has 0 aliphatic rings. The van der Waals surface area contributed by atoms with Gasteiger partial charge in [0.1, 0.15) is 0 Å². The number of hydrogen-bond acceptors (Lipinski definition) is 2. The normalized spacial score (nSPS) is 10.1. The number of methoxy groups -OCH3 is 1. The number of aromatic nitrogens is 1. The summed E-state index contributed by atoms with van der Waals surface area (Å²) in [6.45, 7) is 0. The fourth-order valence-electron chi connectivity index (χ4n) is 1.57. The second-order valence-corrected chi connectivity index (χ2v) is 3.51. The number of nitrogens with zero attached hydrogens (tertiary/aromatic N) is 1. The smallest absolute Gasteiger partial charge is 0.309 e. The summed E-state index contributed by atoms with van der Waals surface area (Å²) in [6.07, 6.45) is 4.25. The van der Waals surface area contributed by atoms with E-state index in [1.54, 1.807) is 0 Å². The minimum atomic E-state index is -0.218. The highest BCUT2D eigenvalue weighted by molar-refractivity contribution is 5.72. The molecule has 1 heterocycles. The van der Waals surface area contributed by atoms with E-state index in [2.05, 4.69) is 4.74 Å². The van der Waals surface area contributed by atoms with E-state index >= 15 is 0 Å². The highest BCUT2D eigenvalue weighted by Crippen LogP contribution is 2.11. The van der Waals surface area contributed by atoms with Crippen molar-refractivity contribution in [3.63, 3.8) is 0 Å². The van der Waals surface area contributed by atoms with Crippen LogP contribution in [0.1, 0.15) is 5.56 Å². The number of benzene rings is 1. The number of carbonyl (C=O) groups excluding carboxylic acids is 1. The third-order valence-corrected chi connectivity index (χ3v) is 2.39. The molecule has 0 amide bonds. The zero-order chi connectivity index (χ0) is 11.4. The fourth-order valence-corrected chi connectivity index (χ4v) is 1.57. The summed E-state index contributed by atoms with van der Waals surface area (Å²) < 4.78 is 6.64. The summed E-state index contributed by atoms with van der Waals surface area (Å²) in [7, 11) is 1.40. The van der Waals surface area contributed by atoms with Crippen molar-refractivity contribution in [3.05, 3.63) is 54.4 Å². The van der Waals surface area contributed by atoms with Gasteiger partial charge in [0.2, 0.25) is 0 Å². The Morgan fingerprint density at radius 2 is 2.00 bits per heavy atom. The molecule has 1 aromatic heterocycles. The van der Waals surface area contributed by atoms with Gasteiger partial charge in [0.25, 0.3) is 0 Å². The van der Waals surface area contributed by atoms with Gasteiger partial charge in [-0.2, -0.15) is 0 Å². The van der Waals surface area contributed by atoms with E-state index in [1.807, 2.05) is 53.4 Å². The molecule has 16 heavy (non-hydrogen) atoms. The molecular formula is C13H13NO2. The minimum absolute atomic E-state index is 0.218. The average molecular weight is 215 g/mol. The van der Waals surface area contributed by atoms with Crippen LogP contribution in [0.3, 0.4) is 0 Å². The van der Waals surface area contributed by atoms with Gasteiger partial charge in [-0.1, -0.05) is 12.1 Å². The minimum Gasteiger partial charge on any atom is -0.469 e. The molecule has 0 aliphatic carbocycles. The standard InChI is InChI=1S/C13H13NO2/c1-16-13(15)10-11-5-4-6-12(9-11)14-7-2-3-8-14/h2-9H,10H2,1H3. The highest BCUT2D eigenvalue weighted by atomic mass is 16.5. The predicted molar refractivity (Wildman–Crippen MR) is 61.5 cm³/mol. The number of carbonyl (C=O) groups is 1. The van der Waals surface area contributed by atoms with Gasteiger partial charge < -0.3 is 9.30 Å². The van der Waals surface area contributed by atoms with Gasteiger partial charge >= 0.3 is 5.97 Å². The Morgan fingerprint density at radius 1 is 1.25 bits per heavy atom. The molecule has 0 atom stereocenters. The van der Waals surface area contributed by atoms with Crippen LogP contribution in [0, 0.1) is 0 Å². The van der Waals surface area contributed by atoms with Gasteiger partial charge in [-0.05, 0) is 29.8 Å². The van der Waals surface area contributed by atoms with Crippen LogP contribution in [-0.2, 0) is 16.0 Å². The van der Waals surface area contributed by atoms with Crippen molar-refractivity contribution in [2.75, 3.05) is 7.11 Å². The van der Waals surface area contributed by atoms with Crippen LogP contribution in [0.25, 0.3) is 5.69 Å². The van der Waals surface area contributed by atoms with Crippen molar-refractivity contribution >= 4 is 5.97 Å². The maximum absolute atomic E-state index is 11.1. The Labute approximate surface area is 94.3 Å². The van der Waals surface area contributed by atoms with Gasteiger partial charge in [-0.15, -0.1) is 0 Å². The lowest BCUT2D eigenvalue weighted by molar-refractivity contribution is -0.139. The quantitative estimate of drug-likeness (QED) is 0.735. The third kappa shape index (κ3) is 2.31. The second-order valence-electron chi connectivity index (χ2n) is 3.51. The lowest BCUT2D eigenvalue weighted by Gasteiger charge is -2.05. The molecule has 3 heteroatoms. The van der Waals surface area contributed by atoms with Gasteiger partial charge in [0.05, 0.1) is 13.5 Å². The number of ether oxygens (including phenoxy) is 1. The van der Waals surface area contributed by atoms with E-state index in [-0.39, 0.29) is 5.97 Å². The van der Waals surface area contributed by atoms with Crippen LogP contribution < -0.4 is 0 Å². The Balaban J connectivity index is 2.23. The third-order valence-electron chi connectivity index (χ3n) is 2.39. The summed E-state index contributed by atoms with van der Waals surface area (Å²) >= 11 is 0. The van der Waals surface area contributed by atoms with Crippen LogP contribution >= 0.6 is 0 Å². The molecule has 0 spiro atoms. The molecule has 0 radical (unpaired) electrons. The van der Waals surface area contributed by atoms with Crippen molar-refractivity contribution in [1.29, 1.82) is 0 Å². The van der Waals surface area contributed by atoms with Gasteiger partial charge in [-0.3, -0.25) is 4.79 Å². The summed E-state index contributed by atoms with van der Waals surface area (Å²) in [5.74, 6) is -0.218. The average Bonchev–Trinajstić information content (AvgIpc) is 2.83. The van der Waals surface area contributed by atoms with E-state index in [4.69, 9.17) is 0 Å². The Kier molecular flexibility index (Phi) is 3.05. The summed E-state index contributed by atoms with van der Waals surface area (Å²) in [4.78, 5) is 11.1. The number of hydrogen-bond donors (Lipinski definition) is 0. The van der Waals surface area contributed by atoms with Crippen molar-refractivity contribution in [1.82, 2.24) is 4.57 Å². The van der Waals surface area contributed by atoms with E-state index in [1.165, 1.54) is 7.11 Å². The molecule has 0 aliphatic heterocycles. The summed E-state index contributed by atoms with van der Waals surface area (Å²) in [5, 5.41) is 0. The zero-order valence-electron chi connectivity index (χ0n) is 9.09. The first-order valence-electron chi connectivity index (χ1n) is 5.08. The lowest BCUT2D eigenvalue weighted by atomic mass is 10.1. The maximum Gasteiger partial charge on any atom is 0.309 e. The molecule has 0 fully saturated rings. The topological polar surface area (TPSA) is 31.2 Å². The molecule has 1 aromatic carbocycles. The molecule has 0 saturated heterocycles. The van der Waals surface area contributed by atoms with Crippen molar-refractivity contribution in [2.24, 2.45) is 0 Å². The summed E-state index contributed by atoms with van der Waals surface area (Å²) in [5.41, 5.74) is 2.00. The first kappa shape index (κ1) is 10.5. The molecule has 0 unspecified atom stereocenters. The highest BCUT2D eigenvalue weighted by Gasteiger charge is 2.03. The molecule has 0 saturated carbocycles. The number of rotatable bonds is 3. The second kappa shape index (κ2) is 4.66.